The number of nitrogens with two attached hydrogens (primary N) is 1. The third-order valence-corrected chi connectivity index (χ3v) is 3.61. The van der Waals surface area contributed by atoms with Crippen LogP contribution in [-0.2, 0) is 4.74 Å². The van der Waals surface area contributed by atoms with Gasteiger partial charge < -0.3 is 20.4 Å². The van der Waals surface area contributed by atoms with Crippen molar-refractivity contribution in [2.24, 2.45) is 10.9 Å². The lowest BCUT2D eigenvalue weighted by molar-refractivity contribution is 0.0981. The summed E-state index contributed by atoms with van der Waals surface area (Å²) in [6.45, 7) is 1.42. The van der Waals surface area contributed by atoms with Gasteiger partial charge in [0.25, 0.3) is 0 Å². The molecule has 1 aromatic rings. The molecule has 110 valence electrons. The van der Waals surface area contributed by atoms with E-state index in [1.807, 2.05) is 0 Å². The fraction of sp³-hybridized carbons (Fsp3) is 0.500. The van der Waals surface area contributed by atoms with Crippen molar-refractivity contribution < 1.29 is 14.7 Å². The van der Waals surface area contributed by atoms with Crippen molar-refractivity contribution in [3.63, 3.8) is 0 Å². The first-order valence-electron chi connectivity index (χ1n) is 6.73. The number of rotatable bonds is 6. The Morgan fingerprint density at radius 2 is 2.40 bits per heavy atom. The van der Waals surface area contributed by atoms with Crippen LogP contribution in [0.1, 0.15) is 31.2 Å². The number of benzene rings is 1. The Hall–Kier alpha value is -1.46. The second-order valence-corrected chi connectivity index (χ2v) is 5.13. The average Bonchev–Trinajstić information content (AvgIpc) is 2.96. The molecule has 1 aliphatic heterocycles. The summed E-state index contributed by atoms with van der Waals surface area (Å²) >= 11 is 6.05. The van der Waals surface area contributed by atoms with Gasteiger partial charge in [-0.15, -0.1) is 0 Å². The Morgan fingerprint density at radius 1 is 1.55 bits per heavy atom. The fourth-order valence-electron chi connectivity index (χ4n) is 2.29. The highest BCUT2D eigenvalue weighted by Gasteiger charge is 2.16. The quantitative estimate of drug-likeness (QED) is 0.278. The zero-order chi connectivity index (χ0) is 14.4. The fourth-order valence-corrected chi connectivity index (χ4v) is 2.55. The van der Waals surface area contributed by atoms with Crippen molar-refractivity contribution in [3.05, 3.63) is 28.8 Å². The summed E-state index contributed by atoms with van der Waals surface area (Å²) in [5.74, 6) is 0.477. The number of hydrogen-bond donors (Lipinski definition) is 2. The monoisotopic (exact) mass is 298 g/mol. The molecule has 1 heterocycles. The molecule has 0 aromatic heterocycles. The number of amidine groups is 1. The van der Waals surface area contributed by atoms with Crippen molar-refractivity contribution in [2.75, 3.05) is 13.2 Å². The maximum absolute atomic E-state index is 8.78. The Bertz CT molecular complexity index is 473. The van der Waals surface area contributed by atoms with Crippen LogP contribution < -0.4 is 10.5 Å². The number of halogens is 1. The molecular weight excluding hydrogens is 280 g/mol. The van der Waals surface area contributed by atoms with Crippen LogP contribution in [0.15, 0.2) is 23.4 Å². The molecule has 0 amide bonds. The van der Waals surface area contributed by atoms with E-state index in [2.05, 4.69) is 5.16 Å². The minimum absolute atomic E-state index is 0.0512. The maximum Gasteiger partial charge on any atom is 0.175 e. The lowest BCUT2D eigenvalue weighted by Crippen LogP contribution is -2.16. The molecule has 0 radical (unpaired) electrons. The molecular formula is C14H19ClN2O3. The summed E-state index contributed by atoms with van der Waals surface area (Å²) < 4.78 is 11.2. The summed E-state index contributed by atoms with van der Waals surface area (Å²) in [5.41, 5.74) is 6.04. The highest BCUT2D eigenvalue weighted by atomic mass is 35.5. The Balaban J connectivity index is 1.90. The lowest BCUT2D eigenvalue weighted by Gasteiger charge is -2.13. The van der Waals surface area contributed by atoms with Gasteiger partial charge in [-0.05, 0) is 37.8 Å². The molecule has 1 unspecified atom stereocenters. The first-order valence-corrected chi connectivity index (χ1v) is 7.11. The minimum atomic E-state index is -0.0512. The van der Waals surface area contributed by atoms with E-state index >= 15 is 0 Å². The van der Waals surface area contributed by atoms with Gasteiger partial charge in [0.05, 0.1) is 23.3 Å². The largest absolute Gasteiger partial charge is 0.493 e. The van der Waals surface area contributed by atoms with E-state index in [0.717, 1.165) is 32.3 Å². The lowest BCUT2D eigenvalue weighted by atomic mass is 10.1. The maximum atomic E-state index is 8.78. The molecule has 0 bridgehead atoms. The number of oxime groups is 1. The summed E-state index contributed by atoms with van der Waals surface area (Å²) in [5, 5.41) is 12.2. The topological polar surface area (TPSA) is 77.1 Å². The third-order valence-electron chi connectivity index (χ3n) is 3.29. The normalized spacial score (nSPS) is 19.2. The molecule has 20 heavy (non-hydrogen) atoms. The predicted octanol–water partition coefficient (Wildman–Crippen LogP) is 2.77. The van der Waals surface area contributed by atoms with Crippen LogP contribution in [-0.4, -0.2) is 30.4 Å². The van der Waals surface area contributed by atoms with Gasteiger partial charge in [-0.3, -0.25) is 0 Å². The van der Waals surface area contributed by atoms with Gasteiger partial charge in [0.15, 0.2) is 5.84 Å². The SMILES string of the molecule is N/C(=N/O)c1c(Cl)cccc1OCCCC1CCCO1. The van der Waals surface area contributed by atoms with Crippen LogP contribution in [0.4, 0.5) is 0 Å². The van der Waals surface area contributed by atoms with E-state index in [-0.39, 0.29) is 5.84 Å². The molecule has 0 saturated carbocycles. The van der Waals surface area contributed by atoms with Crippen LogP contribution in [0.5, 0.6) is 5.75 Å². The van der Waals surface area contributed by atoms with Gasteiger partial charge in [0.1, 0.15) is 5.75 Å². The van der Waals surface area contributed by atoms with Gasteiger partial charge in [0.2, 0.25) is 0 Å². The van der Waals surface area contributed by atoms with Gasteiger partial charge >= 0.3 is 0 Å². The van der Waals surface area contributed by atoms with E-state index < -0.39 is 0 Å². The first kappa shape index (κ1) is 14.9. The molecule has 2 rings (SSSR count). The van der Waals surface area contributed by atoms with Gasteiger partial charge in [-0.2, -0.15) is 0 Å². The van der Waals surface area contributed by atoms with E-state index in [1.165, 1.54) is 0 Å². The third kappa shape index (κ3) is 3.77. The van der Waals surface area contributed by atoms with Gasteiger partial charge in [-0.1, -0.05) is 22.8 Å². The van der Waals surface area contributed by atoms with E-state index in [4.69, 9.17) is 32.0 Å². The van der Waals surface area contributed by atoms with Crippen molar-refractivity contribution in [2.45, 2.75) is 31.8 Å². The molecule has 3 N–H and O–H groups in total. The zero-order valence-electron chi connectivity index (χ0n) is 11.2. The average molecular weight is 299 g/mol. The number of hydrogen-bond acceptors (Lipinski definition) is 4. The summed E-state index contributed by atoms with van der Waals surface area (Å²) in [4.78, 5) is 0. The Kier molecular flexibility index (Phi) is 5.49. The number of nitrogens with zero attached hydrogens (tertiary/aromatic N) is 1. The Morgan fingerprint density at radius 3 is 3.10 bits per heavy atom. The van der Waals surface area contributed by atoms with Crippen molar-refractivity contribution >= 4 is 17.4 Å². The minimum Gasteiger partial charge on any atom is -0.493 e. The van der Waals surface area contributed by atoms with Crippen molar-refractivity contribution in [3.8, 4) is 5.75 Å². The summed E-state index contributed by atoms with van der Waals surface area (Å²) in [6, 6.07) is 5.20. The van der Waals surface area contributed by atoms with Gasteiger partial charge in [-0.25, -0.2) is 0 Å². The molecule has 1 aliphatic rings. The van der Waals surface area contributed by atoms with Crippen LogP contribution in [0.2, 0.25) is 5.02 Å². The summed E-state index contributed by atoms with van der Waals surface area (Å²) in [6.07, 6.45) is 4.52. The first-order chi connectivity index (χ1) is 9.72. The molecule has 1 atom stereocenters. The van der Waals surface area contributed by atoms with Crippen molar-refractivity contribution in [1.29, 1.82) is 0 Å². The number of ether oxygens (including phenoxy) is 2. The zero-order valence-corrected chi connectivity index (χ0v) is 12.0. The Labute approximate surface area is 123 Å². The van der Waals surface area contributed by atoms with E-state index in [1.54, 1.807) is 18.2 Å². The molecule has 1 aromatic carbocycles. The van der Waals surface area contributed by atoms with Crippen LogP contribution in [0.25, 0.3) is 0 Å². The van der Waals surface area contributed by atoms with Crippen molar-refractivity contribution in [1.82, 2.24) is 0 Å². The van der Waals surface area contributed by atoms with E-state index in [0.29, 0.717) is 29.0 Å². The second kappa shape index (κ2) is 7.36. The predicted molar refractivity (Wildman–Crippen MR) is 77.7 cm³/mol. The molecule has 5 nitrogen and oxygen atoms in total. The highest BCUT2D eigenvalue weighted by molar-refractivity contribution is 6.34. The molecule has 1 saturated heterocycles. The molecule has 1 fully saturated rings. The smallest absolute Gasteiger partial charge is 0.175 e. The van der Waals surface area contributed by atoms with Crippen LogP contribution in [0.3, 0.4) is 0 Å². The van der Waals surface area contributed by atoms with E-state index in [9.17, 15) is 0 Å². The van der Waals surface area contributed by atoms with Crippen LogP contribution >= 0.6 is 11.6 Å². The highest BCUT2D eigenvalue weighted by Crippen LogP contribution is 2.26. The molecule has 6 heteroatoms. The second-order valence-electron chi connectivity index (χ2n) is 4.72. The van der Waals surface area contributed by atoms with Gasteiger partial charge in [0, 0.05) is 6.61 Å². The summed E-state index contributed by atoms with van der Waals surface area (Å²) in [7, 11) is 0. The molecule has 0 spiro atoms. The standard InChI is InChI=1S/C14H19ClN2O3/c15-11-6-1-7-12(13(11)14(16)17-18)20-9-3-5-10-4-2-8-19-10/h1,6-7,10,18H,2-5,8-9H2,(H2,16,17). The van der Waals surface area contributed by atoms with Crippen LogP contribution in [0, 0.1) is 0 Å². The molecule has 0 aliphatic carbocycles.